The molecule has 2 aliphatic rings. The Bertz CT molecular complexity index is 722. The van der Waals surface area contributed by atoms with Crippen LogP contribution in [0.15, 0.2) is 48.5 Å². The molecule has 0 bridgehead atoms. The molecule has 0 radical (unpaired) electrons. The van der Waals surface area contributed by atoms with E-state index < -0.39 is 6.10 Å². The Hall–Kier alpha value is -2.12. The summed E-state index contributed by atoms with van der Waals surface area (Å²) in [6.45, 7) is 3.18. The first kappa shape index (κ1) is 19.2. The minimum Gasteiger partial charge on any atom is -0.491 e. The van der Waals surface area contributed by atoms with Gasteiger partial charge in [-0.15, -0.1) is 0 Å². The molecule has 1 N–H and O–H groups in total. The van der Waals surface area contributed by atoms with Crippen molar-refractivity contribution in [3.8, 4) is 11.5 Å². The van der Waals surface area contributed by atoms with Gasteiger partial charge in [-0.05, 0) is 41.8 Å². The number of aliphatic hydroxyl groups excluding tert-OH is 1. The lowest BCUT2D eigenvalue weighted by Crippen LogP contribution is -2.24. The molecule has 3 unspecified atom stereocenters. The van der Waals surface area contributed by atoms with Gasteiger partial charge in [-0.2, -0.15) is 0 Å². The van der Waals surface area contributed by atoms with E-state index in [9.17, 15) is 5.11 Å². The van der Waals surface area contributed by atoms with Crippen LogP contribution in [0.5, 0.6) is 11.5 Å². The van der Waals surface area contributed by atoms with E-state index in [2.05, 4.69) is 12.1 Å². The maximum atomic E-state index is 9.88. The Morgan fingerprint density at radius 3 is 1.89 bits per heavy atom. The summed E-state index contributed by atoms with van der Waals surface area (Å²) in [6.07, 6.45) is 0.671. The van der Waals surface area contributed by atoms with E-state index in [0.717, 1.165) is 31.1 Å². The number of ether oxygens (including phenoxy) is 5. The van der Waals surface area contributed by atoms with E-state index in [4.69, 9.17) is 23.7 Å². The predicted molar refractivity (Wildman–Crippen MR) is 103 cm³/mol. The fraction of sp³-hybridized carbons (Fsp3) is 0.455. The minimum absolute atomic E-state index is 0.207. The van der Waals surface area contributed by atoms with Crippen LogP contribution in [0.1, 0.15) is 11.1 Å². The Morgan fingerprint density at radius 1 is 0.786 bits per heavy atom. The van der Waals surface area contributed by atoms with Gasteiger partial charge < -0.3 is 28.8 Å². The number of rotatable bonds is 12. The topological polar surface area (TPSA) is 73.0 Å². The molecule has 0 aliphatic carbocycles. The molecule has 2 fully saturated rings. The molecule has 2 aromatic carbocycles. The van der Waals surface area contributed by atoms with E-state index in [0.29, 0.717) is 13.2 Å². The summed E-state index contributed by atoms with van der Waals surface area (Å²) in [7, 11) is 0. The smallest absolute Gasteiger partial charge is 0.119 e. The average molecular weight is 386 g/mol. The molecule has 6 nitrogen and oxygen atoms in total. The summed E-state index contributed by atoms with van der Waals surface area (Å²) in [4.78, 5) is 0. The maximum Gasteiger partial charge on any atom is 0.119 e. The van der Waals surface area contributed by atoms with Crippen LogP contribution in [0.4, 0.5) is 0 Å². The Kier molecular flexibility index (Phi) is 6.44. The van der Waals surface area contributed by atoms with Gasteiger partial charge in [0.15, 0.2) is 0 Å². The fourth-order valence-corrected chi connectivity index (χ4v) is 2.74. The highest BCUT2D eigenvalue weighted by atomic mass is 16.6. The van der Waals surface area contributed by atoms with Crippen molar-refractivity contribution in [2.24, 2.45) is 0 Å². The van der Waals surface area contributed by atoms with Gasteiger partial charge in [0.05, 0.1) is 26.4 Å². The summed E-state index contributed by atoms with van der Waals surface area (Å²) in [6, 6.07) is 16.1. The normalized spacial score (nSPS) is 21.2. The van der Waals surface area contributed by atoms with Crippen molar-refractivity contribution in [1.82, 2.24) is 0 Å². The molecule has 0 saturated carbocycles. The number of hydrogen-bond acceptors (Lipinski definition) is 6. The summed E-state index contributed by atoms with van der Waals surface area (Å²) < 4.78 is 26.8. The van der Waals surface area contributed by atoms with Crippen LogP contribution in [-0.2, 0) is 20.6 Å². The molecule has 4 rings (SSSR count). The highest BCUT2D eigenvalue weighted by Gasteiger charge is 2.23. The van der Waals surface area contributed by atoms with E-state index in [1.54, 1.807) is 0 Å². The fourth-order valence-electron chi connectivity index (χ4n) is 2.74. The van der Waals surface area contributed by atoms with Crippen LogP contribution in [0.25, 0.3) is 0 Å². The van der Waals surface area contributed by atoms with Crippen LogP contribution in [0, 0.1) is 0 Å². The molecule has 6 heteroatoms. The van der Waals surface area contributed by atoms with E-state index >= 15 is 0 Å². The third kappa shape index (κ3) is 6.49. The van der Waals surface area contributed by atoms with Crippen molar-refractivity contribution < 1.29 is 28.8 Å². The highest BCUT2D eigenvalue weighted by molar-refractivity contribution is 5.34. The zero-order valence-corrected chi connectivity index (χ0v) is 15.8. The molecule has 0 aromatic heterocycles. The first-order valence-corrected chi connectivity index (χ1v) is 9.67. The van der Waals surface area contributed by atoms with Crippen molar-refractivity contribution in [3.05, 3.63) is 59.7 Å². The lowest BCUT2D eigenvalue weighted by Gasteiger charge is -2.13. The third-order valence-corrected chi connectivity index (χ3v) is 4.55. The van der Waals surface area contributed by atoms with Crippen LogP contribution in [0.3, 0.4) is 0 Å². The lowest BCUT2D eigenvalue weighted by molar-refractivity contribution is 0.00761. The van der Waals surface area contributed by atoms with Crippen LogP contribution < -0.4 is 9.47 Å². The van der Waals surface area contributed by atoms with Gasteiger partial charge in [0.25, 0.3) is 0 Å². The van der Waals surface area contributed by atoms with Gasteiger partial charge in [0.2, 0.25) is 0 Å². The number of aliphatic hydroxyl groups is 1. The predicted octanol–water partition coefficient (Wildman–Crippen LogP) is 2.21. The van der Waals surface area contributed by atoms with Gasteiger partial charge in [-0.3, -0.25) is 0 Å². The first-order valence-electron chi connectivity index (χ1n) is 9.67. The van der Waals surface area contributed by atoms with Crippen molar-refractivity contribution in [2.45, 2.75) is 24.7 Å². The zero-order chi connectivity index (χ0) is 19.2. The molecule has 2 saturated heterocycles. The summed E-state index contributed by atoms with van der Waals surface area (Å²) >= 11 is 0. The Labute approximate surface area is 164 Å². The molecular weight excluding hydrogens is 360 g/mol. The second kappa shape index (κ2) is 9.39. The summed E-state index contributed by atoms with van der Waals surface area (Å²) in [5, 5.41) is 9.88. The minimum atomic E-state index is -0.648. The Balaban J connectivity index is 1.18. The highest BCUT2D eigenvalue weighted by Crippen LogP contribution is 2.19. The van der Waals surface area contributed by atoms with Crippen LogP contribution >= 0.6 is 0 Å². The first-order chi connectivity index (χ1) is 13.7. The number of epoxide rings is 2. The van der Waals surface area contributed by atoms with Crippen molar-refractivity contribution in [1.29, 1.82) is 0 Å². The van der Waals surface area contributed by atoms with Gasteiger partial charge in [-0.1, -0.05) is 24.3 Å². The maximum absolute atomic E-state index is 9.88. The largest absolute Gasteiger partial charge is 0.491 e. The van der Waals surface area contributed by atoms with Crippen molar-refractivity contribution in [3.63, 3.8) is 0 Å². The van der Waals surface area contributed by atoms with Gasteiger partial charge in [-0.25, -0.2) is 0 Å². The molecule has 0 spiro atoms. The molecule has 2 heterocycles. The molecular formula is C22H26O6. The molecule has 3 atom stereocenters. The van der Waals surface area contributed by atoms with E-state index in [1.807, 2.05) is 36.4 Å². The Morgan fingerprint density at radius 2 is 1.32 bits per heavy atom. The van der Waals surface area contributed by atoms with Gasteiger partial charge in [0, 0.05) is 0 Å². The SMILES string of the molecule is OC(COCC1CO1)COc1ccc(Cc2ccc(OCC3CO3)cc2)cc1. The van der Waals surface area contributed by atoms with Crippen LogP contribution in [-0.4, -0.2) is 63.1 Å². The molecule has 28 heavy (non-hydrogen) atoms. The zero-order valence-electron chi connectivity index (χ0n) is 15.8. The summed E-state index contributed by atoms with van der Waals surface area (Å²) in [5.74, 6) is 1.61. The molecule has 2 aliphatic heterocycles. The number of hydrogen-bond donors (Lipinski definition) is 1. The third-order valence-electron chi connectivity index (χ3n) is 4.55. The number of benzene rings is 2. The second-order valence-corrected chi connectivity index (χ2v) is 7.19. The van der Waals surface area contributed by atoms with Gasteiger partial charge in [0.1, 0.15) is 43.0 Å². The van der Waals surface area contributed by atoms with E-state index in [-0.39, 0.29) is 25.4 Å². The molecule has 2 aromatic rings. The molecule has 150 valence electrons. The van der Waals surface area contributed by atoms with E-state index in [1.165, 1.54) is 11.1 Å². The second-order valence-electron chi connectivity index (χ2n) is 7.19. The monoisotopic (exact) mass is 386 g/mol. The van der Waals surface area contributed by atoms with Gasteiger partial charge >= 0.3 is 0 Å². The average Bonchev–Trinajstić information content (AvgIpc) is 3.62. The lowest BCUT2D eigenvalue weighted by atomic mass is 10.0. The summed E-state index contributed by atoms with van der Waals surface area (Å²) in [5.41, 5.74) is 2.41. The molecule has 0 amide bonds. The van der Waals surface area contributed by atoms with Crippen LogP contribution in [0.2, 0.25) is 0 Å². The standard InChI is InChI=1S/C22H26O6/c23-18(10-24-12-21-13-27-21)11-25-19-5-1-16(2-6-19)9-17-3-7-20(8-4-17)26-14-22-15-28-22/h1-8,18,21-23H,9-15H2. The van der Waals surface area contributed by atoms with Crippen molar-refractivity contribution >= 4 is 0 Å². The van der Waals surface area contributed by atoms with Crippen molar-refractivity contribution in [2.75, 3.05) is 39.6 Å². The quantitative estimate of drug-likeness (QED) is 0.564.